The van der Waals surface area contributed by atoms with Crippen LogP contribution in [0.15, 0.2) is 24.3 Å². The maximum absolute atomic E-state index is 13.2. The largest absolute Gasteiger partial charge is 0.271 e. The summed E-state index contributed by atoms with van der Waals surface area (Å²) in [5.41, 5.74) is 3.75. The average Bonchev–Trinajstić information content (AvgIpc) is 2.31. The molecule has 2 unspecified atom stereocenters. The second-order valence-electron chi connectivity index (χ2n) is 3.68. The van der Waals surface area contributed by atoms with Crippen LogP contribution >= 0.6 is 23.5 Å². The zero-order chi connectivity index (χ0) is 11.4. The van der Waals surface area contributed by atoms with Crippen molar-refractivity contribution < 1.29 is 4.39 Å². The molecule has 0 aromatic heterocycles. The standard InChI is InChI=1S/C11H15FN2S2/c12-9-3-1-2-8(6-9)11(14-13)10-7-15-4-5-16-10/h1-3,6,10-11,14H,4-5,7,13H2. The van der Waals surface area contributed by atoms with E-state index in [0.29, 0.717) is 5.25 Å². The normalized spacial score (nSPS) is 23.0. The van der Waals surface area contributed by atoms with Crippen LogP contribution in [0.3, 0.4) is 0 Å². The van der Waals surface area contributed by atoms with Gasteiger partial charge in [-0.05, 0) is 17.7 Å². The topological polar surface area (TPSA) is 38.0 Å². The Kier molecular flexibility index (Phi) is 4.52. The summed E-state index contributed by atoms with van der Waals surface area (Å²) < 4.78 is 13.2. The number of hydrazine groups is 1. The zero-order valence-electron chi connectivity index (χ0n) is 8.86. The number of nitrogens with two attached hydrogens (primary N) is 1. The van der Waals surface area contributed by atoms with E-state index in [1.54, 1.807) is 12.1 Å². The van der Waals surface area contributed by atoms with Crippen LogP contribution in [-0.2, 0) is 0 Å². The van der Waals surface area contributed by atoms with Gasteiger partial charge in [-0.3, -0.25) is 11.3 Å². The van der Waals surface area contributed by atoms with Gasteiger partial charge in [0, 0.05) is 22.5 Å². The molecule has 5 heteroatoms. The third kappa shape index (κ3) is 2.91. The third-order valence-electron chi connectivity index (χ3n) is 2.60. The molecule has 2 nitrogen and oxygen atoms in total. The lowest BCUT2D eigenvalue weighted by Gasteiger charge is -2.29. The summed E-state index contributed by atoms with van der Waals surface area (Å²) in [5, 5.41) is 0.422. The molecule has 2 rings (SSSR count). The molecule has 0 saturated carbocycles. The molecule has 1 heterocycles. The fourth-order valence-electron chi connectivity index (χ4n) is 1.82. The fraction of sp³-hybridized carbons (Fsp3) is 0.455. The first-order chi connectivity index (χ1) is 7.81. The minimum atomic E-state index is -0.203. The van der Waals surface area contributed by atoms with Crippen LogP contribution in [0.2, 0.25) is 0 Å². The van der Waals surface area contributed by atoms with Crippen molar-refractivity contribution in [2.75, 3.05) is 17.3 Å². The average molecular weight is 258 g/mol. The van der Waals surface area contributed by atoms with Gasteiger partial charge in [0.05, 0.1) is 6.04 Å². The van der Waals surface area contributed by atoms with E-state index >= 15 is 0 Å². The summed E-state index contributed by atoms with van der Waals surface area (Å²) in [6, 6.07) is 6.71. The van der Waals surface area contributed by atoms with Gasteiger partial charge in [0.2, 0.25) is 0 Å². The smallest absolute Gasteiger partial charge is 0.123 e. The maximum atomic E-state index is 13.2. The van der Waals surface area contributed by atoms with Gasteiger partial charge in [0.15, 0.2) is 0 Å². The predicted octanol–water partition coefficient (Wildman–Crippen LogP) is 2.18. The van der Waals surface area contributed by atoms with Gasteiger partial charge in [0.1, 0.15) is 5.82 Å². The summed E-state index contributed by atoms with van der Waals surface area (Å²) in [4.78, 5) is 0. The number of thioether (sulfide) groups is 2. The SMILES string of the molecule is NNC(c1cccc(F)c1)C1CSCCS1. The summed E-state index contributed by atoms with van der Waals surface area (Å²) in [6.45, 7) is 0. The lowest BCUT2D eigenvalue weighted by molar-refractivity contribution is 0.545. The minimum Gasteiger partial charge on any atom is -0.271 e. The molecule has 88 valence electrons. The number of hydrogen-bond acceptors (Lipinski definition) is 4. The summed E-state index contributed by atoms with van der Waals surface area (Å²) in [7, 11) is 0. The first kappa shape index (κ1) is 12.2. The van der Waals surface area contributed by atoms with Crippen LogP contribution in [0.25, 0.3) is 0 Å². The highest BCUT2D eigenvalue weighted by atomic mass is 32.2. The van der Waals surface area contributed by atoms with E-state index in [0.717, 1.165) is 17.1 Å². The molecule has 1 aliphatic heterocycles. The molecule has 1 fully saturated rings. The highest BCUT2D eigenvalue weighted by molar-refractivity contribution is 8.06. The molecule has 2 atom stereocenters. The van der Waals surface area contributed by atoms with Crippen molar-refractivity contribution in [3.63, 3.8) is 0 Å². The van der Waals surface area contributed by atoms with E-state index in [1.165, 1.54) is 11.8 Å². The molecule has 1 saturated heterocycles. The Labute approximate surface area is 104 Å². The maximum Gasteiger partial charge on any atom is 0.123 e. The van der Waals surface area contributed by atoms with Crippen molar-refractivity contribution >= 4 is 23.5 Å². The van der Waals surface area contributed by atoms with E-state index in [9.17, 15) is 4.39 Å². The molecule has 0 spiro atoms. The van der Waals surface area contributed by atoms with Crippen molar-refractivity contribution in [2.45, 2.75) is 11.3 Å². The second kappa shape index (κ2) is 5.91. The van der Waals surface area contributed by atoms with Gasteiger partial charge in [-0.2, -0.15) is 23.5 Å². The zero-order valence-corrected chi connectivity index (χ0v) is 10.5. The quantitative estimate of drug-likeness (QED) is 0.644. The van der Waals surface area contributed by atoms with Gasteiger partial charge in [-0.25, -0.2) is 4.39 Å². The van der Waals surface area contributed by atoms with Crippen LogP contribution in [0, 0.1) is 5.82 Å². The van der Waals surface area contributed by atoms with Gasteiger partial charge in [-0.15, -0.1) is 0 Å². The minimum absolute atomic E-state index is 0.0356. The van der Waals surface area contributed by atoms with E-state index < -0.39 is 0 Å². The highest BCUT2D eigenvalue weighted by Crippen LogP contribution is 2.33. The lowest BCUT2D eigenvalue weighted by atomic mass is 10.0. The molecular formula is C11H15FN2S2. The lowest BCUT2D eigenvalue weighted by Crippen LogP contribution is -2.37. The Morgan fingerprint density at radius 1 is 1.44 bits per heavy atom. The molecule has 0 radical (unpaired) electrons. The number of benzene rings is 1. The molecule has 0 aliphatic carbocycles. The van der Waals surface area contributed by atoms with Crippen molar-refractivity contribution in [1.29, 1.82) is 0 Å². The van der Waals surface area contributed by atoms with Crippen LogP contribution in [0.4, 0.5) is 4.39 Å². The Hall–Kier alpha value is -0.230. The summed E-state index contributed by atoms with van der Waals surface area (Å²) in [5.74, 6) is 8.79. The highest BCUT2D eigenvalue weighted by Gasteiger charge is 2.25. The number of halogens is 1. The van der Waals surface area contributed by atoms with Gasteiger partial charge < -0.3 is 0 Å². The summed E-state index contributed by atoms with van der Waals surface area (Å²) in [6.07, 6.45) is 0. The van der Waals surface area contributed by atoms with Crippen molar-refractivity contribution in [3.8, 4) is 0 Å². The predicted molar refractivity (Wildman–Crippen MR) is 70.0 cm³/mol. The van der Waals surface area contributed by atoms with Crippen LogP contribution in [-0.4, -0.2) is 22.5 Å². The molecular weight excluding hydrogens is 243 g/mol. The van der Waals surface area contributed by atoms with E-state index in [1.807, 2.05) is 29.6 Å². The molecule has 3 N–H and O–H groups in total. The van der Waals surface area contributed by atoms with Crippen LogP contribution in [0.5, 0.6) is 0 Å². The van der Waals surface area contributed by atoms with Crippen LogP contribution in [0.1, 0.15) is 11.6 Å². The summed E-state index contributed by atoms with van der Waals surface area (Å²) >= 11 is 3.85. The molecule has 0 bridgehead atoms. The van der Waals surface area contributed by atoms with Crippen molar-refractivity contribution in [2.24, 2.45) is 5.84 Å². The van der Waals surface area contributed by atoms with E-state index in [-0.39, 0.29) is 11.9 Å². The molecule has 16 heavy (non-hydrogen) atoms. The van der Waals surface area contributed by atoms with Crippen molar-refractivity contribution in [1.82, 2.24) is 5.43 Å². The Bertz CT molecular complexity index is 343. The van der Waals surface area contributed by atoms with E-state index in [2.05, 4.69) is 5.43 Å². The van der Waals surface area contributed by atoms with Gasteiger partial charge in [0.25, 0.3) is 0 Å². The van der Waals surface area contributed by atoms with Crippen LogP contribution < -0.4 is 11.3 Å². The number of hydrogen-bond donors (Lipinski definition) is 2. The van der Waals surface area contributed by atoms with Gasteiger partial charge >= 0.3 is 0 Å². The van der Waals surface area contributed by atoms with Crippen molar-refractivity contribution in [3.05, 3.63) is 35.6 Å². The third-order valence-corrected chi connectivity index (χ3v) is 5.46. The Balaban J connectivity index is 2.14. The van der Waals surface area contributed by atoms with Gasteiger partial charge in [-0.1, -0.05) is 12.1 Å². The fourth-order valence-corrected chi connectivity index (χ4v) is 4.67. The second-order valence-corrected chi connectivity index (χ2v) is 6.18. The molecule has 1 aromatic rings. The Morgan fingerprint density at radius 2 is 2.31 bits per heavy atom. The monoisotopic (exact) mass is 258 g/mol. The number of nitrogens with one attached hydrogen (secondary N) is 1. The Morgan fingerprint density at radius 3 is 2.94 bits per heavy atom. The molecule has 1 aliphatic rings. The van der Waals surface area contributed by atoms with E-state index in [4.69, 9.17) is 5.84 Å². The number of rotatable bonds is 3. The first-order valence-corrected chi connectivity index (χ1v) is 7.42. The molecule has 0 amide bonds. The first-order valence-electron chi connectivity index (χ1n) is 5.22. The molecule has 1 aromatic carbocycles.